The highest BCUT2D eigenvalue weighted by molar-refractivity contribution is 7.89. The van der Waals surface area contributed by atoms with Crippen LogP contribution in [-0.2, 0) is 10.0 Å². The van der Waals surface area contributed by atoms with Gasteiger partial charge < -0.3 is 0 Å². The molecule has 1 heterocycles. The van der Waals surface area contributed by atoms with Crippen LogP contribution in [0.2, 0.25) is 0 Å². The lowest BCUT2D eigenvalue weighted by molar-refractivity contribution is 0.597. The molecule has 0 saturated carbocycles. The van der Waals surface area contributed by atoms with Crippen molar-refractivity contribution < 1.29 is 12.8 Å². The van der Waals surface area contributed by atoms with E-state index < -0.39 is 10.0 Å². The summed E-state index contributed by atoms with van der Waals surface area (Å²) < 4.78 is 37.0. The first-order valence-electron chi connectivity index (χ1n) is 7.29. The number of rotatable bonds is 4. The van der Waals surface area contributed by atoms with E-state index in [1.165, 1.54) is 53.5 Å². The molecule has 9 heteroatoms. The number of hydrogen-bond donors (Lipinski definition) is 1. The zero-order valence-corrected chi connectivity index (χ0v) is 14.1. The van der Waals surface area contributed by atoms with Gasteiger partial charge in [-0.3, -0.25) is 0 Å². The van der Waals surface area contributed by atoms with Crippen molar-refractivity contribution in [3.05, 3.63) is 71.7 Å². The highest BCUT2D eigenvalue weighted by Crippen LogP contribution is 2.23. The fourth-order valence-electron chi connectivity index (χ4n) is 2.20. The molecule has 0 unspecified atom stereocenters. The van der Waals surface area contributed by atoms with Gasteiger partial charge in [-0.2, -0.15) is 10.4 Å². The van der Waals surface area contributed by atoms with Crippen LogP contribution in [0.25, 0.3) is 5.69 Å². The highest BCUT2D eigenvalue weighted by Gasteiger charge is 2.13. The molecule has 0 aliphatic carbocycles. The van der Waals surface area contributed by atoms with E-state index in [9.17, 15) is 18.1 Å². The van der Waals surface area contributed by atoms with Crippen molar-refractivity contribution in [1.82, 2.24) is 9.78 Å². The molecule has 7 nitrogen and oxygen atoms in total. The quantitative estimate of drug-likeness (QED) is 0.711. The summed E-state index contributed by atoms with van der Waals surface area (Å²) in [6.07, 6.45) is 2.83. The molecular weight excluding hydrogens is 357 g/mol. The third-order valence-electron chi connectivity index (χ3n) is 3.48. The lowest BCUT2D eigenvalue weighted by Gasteiger charge is -2.05. The minimum absolute atomic E-state index is 0.0368. The fraction of sp³-hybridized carbons (Fsp3) is 0. The van der Waals surface area contributed by atoms with Crippen LogP contribution in [0.3, 0.4) is 0 Å². The molecule has 3 rings (SSSR count). The zero-order chi connectivity index (χ0) is 18.7. The van der Waals surface area contributed by atoms with Crippen molar-refractivity contribution in [1.29, 1.82) is 5.26 Å². The van der Waals surface area contributed by atoms with E-state index in [2.05, 4.69) is 10.1 Å². The first-order chi connectivity index (χ1) is 12.4. The van der Waals surface area contributed by atoms with E-state index in [0.717, 1.165) is 0 Å². The predicted molar refractivity (Wildman–Crippen MR) is 93.3 cm³/mol. The molecule has 0 amide bonds. The Morgan fingerprint density at radius 2 is 1.81 bits per heavy atom. The third-order valence-corrected chi connectivity index (χ3v) is 4.41. The zero-order valence-electron chi connectivity index (χ0n) is 13.2. The maximum absolute atomic E-state index is 13.0. The second-order valence-corrected chi connectivity index (χ2v) is 6.82. The molecule has 0 aliphatic rings. The molecule has 0 aliphatic heterocycles. The molecule has 0 atom stereocenters. The Kier molecular flexibility index (Phi) is 4.62. The second kappa shape index (κ2) is 6.87. The van der Waals surface area contributed by atoms with Crippen LogP contribution >= 0.6 is 0 Å². The first-order valence-corrected chi connectivity index (χ1v) is 8.84. The number of hydrogen-bond acceptors (Lipinski definition) is 5. The number of nitrogens with zero attached hydrogens (tertiary/aromatic N) is 4. The number of primary sulfonamides is 1. The summed E-state index contributed by atoms with van der Waals surface area (Å²) in [5.41, 5.74) is 1.39. The Labute approximate surface area is 148 Å². The van der Waals surface area contributed by atoms with Crippen LogP contribution in [0.1, 0.15) is 11.1 Å². The average molecular weight is 369 g/mol. The maximum atomic E-state index is 13.0. The Bertz CT molecular complexity index is 1110. The third kappa shape index (κ3) is 3.66. The predicted octanol–water partition coefficient (Wildman–Crippen LogP) is 2.28. The van der Waals surface area contributed by atoms with E-state index in [-0.39, 0.29) is 22.1 Å². The number of aliphatic imine (C=N–C) groups is 1. The summed E-state index contributed by atoms with van der Waals surface area (Å²) in [6, 6.07) is 13.4. The molecule has 0 spiro atoms. The summed E-state index contributed by atoms with van der Waals surface area (Å²) >= 11 is 0. The lowest BCUT2D eigenvalue weighted by atomic mass is 10.2. The van der Waals surface area contributed by atoms with Crippen LogP contribution in [0, 0.1) is 17.1 Å². The fourth-order valence-corrected chi connectivity index (χ4v) is 2.71. The van der Waals surface area contributed by atoms with Crippen LogP contribution < -0.4 is 5.14 Å². The number of halogens is 1. The van der Waals surface area contributed by atoms with Gasteiger partial charge in [-0.25, -0.2) is 27.6 Å². The molecule has 0 saturated heterocycles. The number of nitrogens with two attached hydrogens (primary N) is 1. The van der Waals surface area contributed by atoms with Crippen molar-refractivity contribution in [2.75, 3.05) is 0 Å². The van der Waals surface area contributed by atoms with Gasteiger partial charge in [0.2, 0.25) is 10.0 Å². The van der Waals surface area contributed by atoms with E-state index >= 15 is 0 Å². The molecule has 0 fully saturated rings. The van der Waals surface area contributed by atoms with E-state index in [1.807, 2.05) is 6.07 Å². The van der Waals surface area contributed by atoms with Gasteiger partial charge in [0.15, 0.2) is 5.82 Å². The molecule has 1 aromatic heterocycles. The molecule has 3 aromatic rings. The van der Waals surface area contributed by atoms with Crippen LogP contribution in [0.5, 0.6) is 0 Å². The molecule has 2 aromatic carbocycles. The van der Waals surface area contributed by atoms with E-state index in [4.69, 9.17) is 5.14 Å². The monoisotopic (exact) mass is 369 g/mol. The smallest absolute Gasteiger partial charge is 0.235 e. The molecule has 0 radical (unpaired) electrons. The second-order valence-electron chi connectivity index (χ2n) is 5.25. The summed E-state index contributed by atoms with van der Waals surface area (Å²) in [5, 5.41) is 18.4. The van der Waals surface area contributed by atoms with Gasteiger partial charge >= 0.3 is 0 Å². The van der Waals surface area contributed by atoms with Gasteiger partial charge in [-0.05, 0) is 42.0 Å². The van der Waals surface area contributed by atoms with Gasteiger partial charge in [0.1, 0.15) is 17.4 Å². The molecule has 130 valence electrons. The lowest BCUT2D eigenvalue weighted by Crippen LogP contribution is -2.12. The van der Waals surface area contributed by atoms with Crippen molar-refractivity contribution in [3.8, 4) is 11.8 Å². The summed E-state index contributed by atoms with van der Waals surface area (Å²) in [4.78, 5) is 4.24. The summed E-state index contributed by atoms with van der Waals surface area (Å²) in [5.74, 6) is -0.0972. The number of sulfonamides is 1. The normalized spacial score (nSPS) is 11.6. The number of aromatic nitrogens is 2. The molecule has 2 N–H and O–H groups in total. The minimum Gasteiger partial charge on any atom is -0.235 e. The van der Waals surface area contributed by atoms with Crippen LogP contribution in [-0.4, -0.2) is 24.4 Å². The first kappa shape index (κ1) is 17.5. The molecule has 0 bridgehead atoms. The van der Waals surface area contributed by atoms with Gasteiger partial charge in [0.05, 0.1) is 16.8 Å². The SMILES string of the molecule is N#Cc1cnn(-c2ccc(S(N)(=O)=O)cc2)c1N=Cc1ccc(F)cc1. The van der Waals surface area contributed by atoms with Gasteiger partial charge in [0, 0.05) is 6.21 Å². The van der Waals surface area contributed by atoms with Crippen molar-refractivity contribution >= 4 is 22.1 Å². The van der Waals surface area contributed by atoms with Gasteiger partial charge in [-0.1, -0.05) is 12.1 Å². The van der Waals surface area contributed by atoms with Crippen LogP contribution in [0.4, 0.5) is 10.2 Å². The standard InChI is InChI=1S/C17H12FN5O2S/c18-14-3-1-12(2-4-14)10-21-17-13(9-19)11-22-23(17)15-5-7-16(8-6-15)26(20,24)25/h1-8,10-11H,(H2,20,24,25). The Morgan fingerprint density at radius 3 is 2.38 bits per heavy atom. The van der Waals surface area contributed by atoms with Crippen LogP contribution in [0.15, 0.2) is 64.6 Å². The Balaban J connectivity index is 2.00. The largest absolute Gasteiger partial charge is 0.238 e. The summed E-state index contributed by atoms with van der Waals surface area (Å²) in [6.45, 7) is 0. The Hall–Kier alpha value is -3.35. The molecular formula is C17H12FN5O2S. The van der Waals surface area contributed by atoms with E-state index in [1.54, 1.807) is 12.1 Å². The molecule has 26 heavy (non-hydrogen) atoms. The number of benzene rings is 2. The van der Waals surface area contributed by atoms with Gasteiger partial charge in [-0.15, -0.1) is 0 Å². The van der Waals surface area contributed by atoms with Gasteiger partial charge in [0.25, 0.3) is 0 Å². The topological polar surface area (TPSA) is 114 Å². The van der Waals surface area contributed by atoms with Crippen molar-refractivity contribution in [2.24, 2.45) is 10.1 Å². The Morgan fingerprint density at radius 1 is 1.15 bits per heavy atom. The summed E-state index contributed by atoms with van der Waals surface area (Å²) in [7, 11) is -3.80. The van der Waals surface area contributed by atoms with E-state index in [0.29, 0.717) is 11.3 Å². The average Bonchev–Trinajstić information content (AvgIpc) is 3.03. The highest BCUT2D eigenvalue weighted by atomic mass is 32.2. The van der Waals surface area contributed by atoms with Crippen molar-refractivity contribution in [2.45, 2.75) is 4.90 Å². The number of nitriles is 1. The maximum Gasteiger partial charge on any atom is 0.238 e. The van der Waals surface area contributed by atoms with Crippen molar-refractivity contribution in [3.63, 3.8) is 0 Å². The minimum atomic E-state index is -3.80.